The quantitative estimate of drug-likeness (QED) is 0.205. The summed E-state index contributed by atoms with van der Waals surface area (Å²) in [7, 11) is 0. The van der Waals surface area contributed by atoms with Crippen LogP contribution in [0.4, 0.5) is 0 Å². The minimum Gasteiger partial charge on any atom is -0.356 e. The van der Waals surface area contributed by atoms with Crippen LogP contribution < -0.4 is 0 Å². The number of thiophene rings is 2. The van der Waals surface area contributed by atoms with E-state index in [2.05, 4.69) is 84.3 Å². The molecule has 6 heterocycles. The SMILES string of the molecule is Cc1csc2c(I)n(C3CCCCO3)nc12.Cc1csc2c(I)nn(C3CCCCO3)c12. The lowest BCUT2D eigenvalue weighted by Crippen LogP contribution is -2.20. The van der Waals surface area contributed by atoms with Gasteiger partial charge in [0, 0.05) is 13.2 Å². The van der Waals surface area contributed by atoms with E-state index in [4.69, 9.17) is 14.6 Å². The third-order valence-electron chi connectivity index (χ3n) is 5.95. The molecule has 2 unspecified atom stereocenters. The first-order valence-electron chi connectivity index (χ1n) is 11.0. The summed E-state index contributed by atoms with van der Waals surface area (Å²) in [6, 6.07) is 0. The summed E-state index contributed by atoms with van der Waals surface area (Å²) in [6.07, 6.45) is 7.32. The third kappa shape index (κ3) is 4.51. The number of rotatable bonds is 2. The van der Waals surface area contributed by atoms with Crippen molar-refractivity contribution >= 4 is 88.3 Å². The Hall–Kier alpha value is -0.280. The predicted octanol–water partition coefficient (Wildman–Crippen LogP) is 7.42. The van der Waals surface area contributed by atoms with Gasteiger partial charge in [0.15, 0.2) is 12.5 Å². The number of ether oxygens (including phenoxy) is 2. The molecule has 0 bridgehead atoms. The Morgan fingerprint density at radius 1 is 0.844 bits per heavy atom. The average molecular weight is 696 g/mol. The van der Waals surface area contributed by atoms with E-state index >= 15 is 0 Å². The maximum atomic E-state index is 5.81. The van der Waals surface area contributed by atoms with E-state index in [0.29, 0.717) is 0 Å². The van der Waals surface area contributed by atoms with Crippen molar-refractivity contribution in [3.8, 4) is 0 Å². The predicted molar refractivity (Wildman–Crippen MR) is 148 cm³/mol. The highest BCUT2D eigenvalue weighted by atomic mass is 127. The van der Waals surface area contributed by atoms with Crippen LogP contribution in [0.1, 0.15) is 62.1 Å². The van der Waals surface area contributed by atoms with Gasteiger partial charge in [0.1, 0.15) is 12.9 Å². The van der Waals surface area contributed by atoms with E-state index in [-0.39, 0.29) is 12.5 Å². The molecule has 10 heteroatoms. The highest BCUT2D eigenvalue weighted by Gasteiger charge is 2.23. The number of halogens is 2. The lowest BCUT2D eigenvalue weighted by Gasteiger charge is -2.23. The maximum absolute atomic E-state index is 5.81. The van der Waals surface area contributed by atoms with Gasteiger partial charge in [-0.3, -0.25) is 0 Å². The van der Waals surface area contributed by atoms with Crippen molar-refractivity contribution in [1.29, 1.82) is 0 Å². The lowest BCUT2D eigenvalue weighted by atomic mass is 10.2. The van der Waals surface area contributed by atoms with Crippen LogP contribution in [0.25, 0.3) is 20.4 Å². The summed E-state index contributed by atoms with van der Waals surface area (Å²) < 4.78 is 20.7. The zero-order valence-electron chi connectivity index (χ0n) is 18.1. The fourth-order valence-electron chi connectivity index (χ4n) is 4.26. The molecule has 6 nitrogen and oxygen atoms in total. The van der Waals surface area contributed by atoms with E-state index in [1.54, 1.807) is 22.7 Å². The topological polar surface area (TPSA) is 54.1 Å². The number of hydrogen-bond acceptors (Lipinski definition) is 6. The van der Waals surface area contributed by atoms with Crippen LogP contribution in [0.3, 0.4) is 0 Å². The Labute approximate surface area is 222 Å². The highest BCUT2D eigenvalue weighted by Crippen LogP contribution is 2.35. The Bertz CT molecular complexity index is 1220. The first-order chi connectivity index (χ1) is 15.5. The molecule has 6 rings (SSSR count). The Balaban J connectivity index is 0.000000135. The van der Waals surface area contributed by atoms with Crippen LogP contribution in [0.2, 0.25) is 0 Å². The van der Waals surface area contributed by atoms with E-state index in [1.165, 1.54) is 55.4 Å². The molecule has 2 aliphatic rings. The molecule has 2 atom stereocenters. The van der Waals surface area contributed by atoms with Crippen LogP contribution in [0, 0.1) is 21.2 Å². The number of fused-ring (bicyclic) bond motifs is 2. The Kier molecular flexibility index (Phi) is 7.44. The fourth-order valence-corrected chi connectivity index (χ4v) is 8.00. The molecular weight excluding hydrogens is 670 g/mol. The number of aryl methyl sites for hydroxylation is 2. The summed E-state index contributed by atoms with van der Waals surface area (Å²) in [6.45, 7) is 6.00. The van der Waals surface area contributed by atoms with Crippen molar-refractivity contribution in [1.82, 2.24) is 19.6 Å². The number of aromatic nitrogens is 4. The Morgan fingerprint density at radius 2 is 1.47 bits per heavy atom. The molecule has 0 aliphatic carbocycles. The van der Waals surface area contributed by atoms with Crippen LogP contribution in [0.5, 0.6) is 0 Å². The smallest absolute Gasteiger partial charge is 0.151 e. The van der Waals surface area contributed by atoms with Gasteiger partial charge in [0.05, 0.1) is 14.9 Å². The second-order valence-corrected chi connectivity index (χ2v) is 12.1. The van der Waals surface area contributed by atoms with Gasteiger partial charge in [-0.2, -0.15) is 10.2 Å². The van der Waals surface area contributed by atoms with E-state index < -0.39 is 0 Å². The van der Waals surface area contributed by atoms with Gasteiger partial charge >= 0.3 is 0 Å². The molecule has 172 valence electrons. The van der Waals surface area contributed by atoms with Crippen molar-refractivity contribution in [2.45, 2.75) is 64.8 Å². The minimum absolute atomic E-state index is 0.146. The summed E-state index contributed by atoms with van der Waals surface area (Å²) in [5.41, 5.74) is 4.99. The van der Waals surface area contributed by atoms with Gasteiger partial charge in [-0.1, -0.05) is 0 Å². The van der Waals surface area contributed by atoms with Crippen LogP contribution in [-0.2, 0) is 9.47 Å². The second-order valence-electron chi connectivity index (χ2n) is 8.31. The van der Waals surface area contributed by atoms with Gasteiger partial charge in [-0.15, -0.1) is 22.7 Å². The number of nitrogens with zero attached hydrogens (tertiary/aromatic N) is 4. The molecule has 4 aromatic rings. The van der Waals surface area contributed by atoms with E-state index in [9.17, 15) is 0 Å². The molecule has 0 radical (unpaired) electrons. The molecule has 2 saturated heterocycles. The molecule has 4 aromatic heterocycles. The second kappa shape index (κ2) is 10.1. The Morgan fingerprint density at radius 3 is 2.09 bits per heavy atom. The van der Waals surface area contributed by atoms with Crippen molar-refractivity contribution in [3.63, 3.8) is 0 Å². The molecule has 2 fully saturated rings. The zero-order chi connectivity index (χ0) is 22.2. The van der Waals surface area contributed by atoms with Gasteiger partial charge < -0.3 is 9.47 Å². The van der Waals surface area contributed by atoms with Gasteiger partial charge in [0.2, 0.25) is 0 Å². The first kappa shape index (κ1) is 23.5. The summed E-state index contributed by atoms with van der Waals surface area (Å²) in [5.74, 6) is 0. The molecule has 0 saturated carbocycles. The molecule has 0 N–H and O–H groups in total. The van der Waals surface area contributed by atoms with Crippen LogP contribution in [0.15, 0.2) is 10.8 Å². The molecule has 32 heavy (non-hydrogen) atoms. The first-order valence-corrected chi connectivity index (χ1v) is 14.9. The van der Waals surface area contributed by atoms with Crippen LogP contribution >= 0.6 is 67.9 Å². The monoisotopic (exact) mass is 696 g/mol. The summed E-state index contributed by atoms with van der Waals surface area (Å²) >= 11 is 8.25. The molecule has 0 spiro atoms. The maximum Gasteiger partial charge on any atom is 0.151 e. The van der Waals surface area contributed by atoms with Crippen LogP contribution in [-0.4, -0.2) is 32.8 Å². The lowest BCUT2D eigenvalue weighted by molar-refractivity contribution is -0.0406. The minimum atomic E-state index is 0.146. The van der Waals surface area contributed by atoms with E-state index in [1.807, 2.05) is 0 Å². The largest absolute Gasteiger partial charge is 0.356 e. The molecule has 0 amide bonds. The van der Waals surface area contributed by atoms with Crippen molar-refractivity contribution in [2.75, 3.05) is 13.2 Å². The molecule has 2 aliphatic heterocycles. The van der Waals surface area contributed by atoms with E-state index in [0.717, 1.165) is 35.3 Å². The van der Waals surface area contributed by atoms with Crippen molar-refractivity contribution in [3.05, 3.63) is 29.3 Å². The zero-order valence-corrected chi connectivity index (χ0v) is 24.1. The van der Waals surface area contributed by atoms with Crippen molar-refractivity contribution < 1.29 is 9.47 Å². The average Bonchev–Trinajstić information content (AvgIpc) is 3.56. The molecular formula is C22H26I2N4O2S2. The summed E-state index contributed by atoms with van der Waals surface area (Å²) in [5, 5.41) is 13.7. The van der Waals surface area contributed by atoms with Gasteiger partial charge in [0.25, 0.3) is 0 Å². The number of hydrogen-bond donors (Lipinski definition) is 0. The highest BCUT2D eigenvalue weighted by molar-refractivity contribution is 14.1. The van der Waals surface area contributed by atoms with Gasteiger partial charge in [-0.25, -0.2) is 9.36 Å². The normalized spacial score (nSPS) is 21.8. The summed E-state index contributed by atoms with van der Waals surface area (Å²) in [4.78, 5) is 0. The standard InChI is InChI=1S/2C11H13IN2OS/c1-7-6-16-10-9(7)14(13-11(10)12)8-4-2-3-5-15-8;1-7-6-16-10-9(7)13-14(11(10)12)8-4-2-3-5-15-8/h2*6,8H,2-5H2,1H3. The molecule has 0 aromatic carbocycles. The fraction of sp³-hybridized carbons (Fsp3) is 0.545. The van der Waals surface area contributed by atoms with Gasteiger partial charge in [-0.05, 0) is 119 Å². The third-order valence-corrected chi connectivity index (χ3v) is 10.7. The van der Waals surface area contributed by atoms with Crippen molar-refractivity contribution in [2.24, 2.45) is 0 Å².